The summed E-state index contributed by atoms with van der Waals surface area (Å²) in [4.78, 5) is 22.0. The third-order valence-corrected chi connectivity index (χ3v) is 11.7. The Bertz CT molecular complexity index is 2910. The summed E-state index contributed by atoms with van der Waals surface area (Å²) in [7, 11) is 0. The van der Waals surface area contributed by atoms with Gasteiger partial charge in [-0.2, -0.15) is 0 Å². The first-order valence-corrected chi connectivity index (χ1v) is 20.9. The van der Waals surface area contributed by atoms with E-state index in [0.717, 1.165) is 109 Å². The number of fused-ring (bicyclic) bond motifs is 8. The smallest absolute Gasteiger partial charge is 0.657 e. The predicted molar refractivity (Wildman–Crippen MR) is 250 cm³/mol. The molecule has 0 amide bonds. The van der Waals surface area contributed by atoms with Crippen molar-refractivity contribution in [3.05, 3.63) is 178 Å². The first-order valence-electron chi connectivity index (χ1n) is 20.9. The van der Waals surface area contributed by atoms with Crippen molar-refractivity contribution < 1.29 is 19.5 Å². The molecular weight excluding hydrogens is 782 g/mol. The first-order chi connectivity index (χ1) is 28.8. The molecule has 0 aliphatic carbocycles. The number of aromatic nitrogens is 4. The minimum atomic E-state index is 0. The van der Waals surface area contributed by atoms with E-state index in [2.05, 4.69) is 175 Å². The van der Waals surface area contributed by atoms with Crippen LogP contribution in [0.5, 0.6) is 0 Å². The first kappa shape index (κ1) is 40.6. The van der Waals surface area contributed by atoms with Crippen LogP contribution in [0.3, 0.4) is 0 Å². The molecule has 0 unspecified atom stereocenters. The van der Waals surface area contributed by atoms with Crippen LogP contribution < -0.4 is 9.97 Å². The fraction of sp³-hybridized carbons (Fsp3) is 0.164. The van der Waals surface area contributed by atoms with E-state index in [1.807, 2.05) is 6.08 Å². The Morgan fingerprint density at radius 3 is 1.18 bits per heavy atom. The molecule has 5 heterocycles. The van der Waals surface area contributed by atoms with Gasteiger partial charge in [-0.05, 0) is 131 Å². The zero-order valence-electron chi connectivity index (χ0n) is 35.3. The van der Waals surface area contributed by atoms with Gasteiger partial charge < -0.3 is 9.97 Å². The number of allylic oxidation sites excluding steroid dienone is 1. The normalized spacial score (nSPS) is 11.8. The Hall–Kier alpha value is -6.16. The van der Waals surface area contributed by atoms with Crippen molar-refractivity contribution in [1.82, 2.24) is 19.9 Å². The van der Waals surface area contributed by atoms with Crippen molar-refractivity contribution >= 4 is 46.4 Å². The van der Waals surface area contributed by atoms with Gasteiger partial charge >= 0.3 is 19.5 Å². The minimum absolute atomic E-state index is 0. The molecule has 9 rings (SSSR count). The van der Waals surface area contributed by atoms with Crippen LogP contribution in [0.15, 0.2) is 122 Å². The molecule has 4 nitrogen and oxygen atoms in total. The standard InChI is InChI=1S/C55H48N4.Zn/c1-7-11-37-16-22-42(23-17-37)54-45-26-24-43(56-45)52(40-18-12-34(5)13-19-40)47-28-30-49(58-47)55(51-38(9-3)32-36(8-2)33-39(51)10-4)50-31-29-48(59-50)53(44-25-27-46(54)57-44)41-20-14-35(6)15-21-41;/h7,12-33H,1,8-11H2,2-6H3;/q-2;+2. The van der Waals surface area contributed by atoms with Crippen LogP contribution in [0.1, 0.15) is 76.9 Å². The summed E-state index contributed by atoms with van der Waals surface area (Å²) in [5.74, 6) is 0. The van der Waals surface area contributed by atoms with E-state index in [4.69, 9.17) is 19.9 Å². The van der Waals surface area contributed by atoms with Crippen LogP contribution in [0.4, 0.5) is 0 Å². The number of hydrogen-bond acceptors (Lipinski definition) is 2. The molecule has 4 aromatic carbocycles. The van der Waals surface area contributed by atoms with Gasteiger partial charge in [-0.1, -0.05) is 147 Å². The fourth-order valence-corrected chi connectivity index (χ4v) is 8.57. The second kappa shape index (κ2) is 17.2. The summed E-state index contributed by atoms with van der Waals surface area (Å²) in [5, 5.41) is 0. The molecular formula is C55H48N4Zn. The summed E-state index contributed by atoms with van der Waals surface area (Å²) >= 11 is 0. The summed E-state index contributed by atoms with van der Waals surface area (Å²) < 4.78 is 0. The van der Waals surface area contributed by atoms with Crippen LogP contribution in [-0.4, -0.2) is 9.97 Å². The van der Waals surface area contributed by atoms with Crippen LogP contribution in [0.2, 0.25) is 0 Å². The average Bonchev–Trinajstić information content (AvgIpc) is 4.11. The van der Waals surface area contributed by atoms with E-state index >= 15 is 0 Å². The molecule has 7 aromatic rings. The summed E-state index contributed by atoms with van der Waals surface area (Å²) in [6, 6.07) is 39.5. The van der Waals surface area contributed by atoms with Gasteiger partial charge in [-0.3, -0.25) is 0 Å². The van der Waals surface area contributed by atoms with Crippen molar-refractivity contribution in [3.63, 3.8) is 0 Å². The molecule has 0 N–H and O–H groups in total. The number of nitrogens with zero attached hydrogens (tertiary/aromatic N) is 4. The number of rotatable bonds is 9. The Labute approximate surface area is 366 Å². The molecule has 0 spiro atoms. The monoisotopic (exact) mass is 828 g/mol. The number of aryl methyl sites for hydroxylation is 5. The van der Waals surface area contributed by atoms with Gasteiger partial charge in [0.25, 0.3) is 0 Å². The van der Waals surface area contributed by atoms with Crippen molar-refractivity contribution in [2.45, 2.75) is 60.3 Å². The van der Waals surface area contributed by atoms with E-state index in [0.29, 0.717) is 0 Å². The van der Waals surface area contributed by atoms with Crippen LogP contribution in [0, 0.1) is 13.8 Å². The van der Waals surface area contributed by atoms with Gasteiger partial charge in [0.1, 0.15) is 0 Å². The molecule has 60 heavy (non-hydrogen) atoms. The quantitative estimate of drug-likeness (QED) is 0.107. The summed E-state index contributed by atoms with van der Waals surface area (Å²) in [6.45, 7) is 15.0. The molecule has 8 bridgehead atoms. The molecule has 290 valence electrons. The third kappa shape index (κ3) is 7.59. The van der Waals surface area contributed by atoms with Gasteiger partial charge in [-0.25, -0.2) is 9.97 Å². The Morgan fingerprint density at radius 1 is 0.450 bits per heavy atom. The van der Waals surface area contributed by atoms with E-state index in [-0.39, 0.29) is 19.5 Å². The molecule has 3 aromatic heterocycles. The zero-order chi connectivity index (χ0) is 40.6. The number of hydrogen-bond donors (Lipinski definition) is 0. The molecule has 0 saturated carbocycles. The van der Waals surface area contributed by atoms with E-state index < -0.39 is 0 Å². The van der Waals surface area contributed by atoms with Crippen LogP contribution >= 0.6 is 0 Å². The summed E-state index contributed by atoms with van der Waals surface area (Å²) in [5.41, 5.74) is 23.0. The maximum atomic E-state index is 5.55. The molecule has 2 aliphatic rings. The SMILES string of the molecule is C=CCc1ccc(-c2c3nc(c(-c4ccc(C)cc4)c4ccc([n-]4)c(-c4c(CC)cc(CC)cc4CC)c4nc(c(-c5ccc(C)cc5)c5ccc2[n-]5)C=C4)C=C3)cc1.[Zn+2]. The molecule has 5 heteroatoms. The van der Waals surface area contributed by atoms with E-state index in [9.17, 15) is 0 Å². The Kier molecular flexibility index (Phi) is 11.7. The maximum Gasteiger partial charge on any atom is 2.00 e. The Morgan fingerprint density at radius 2 is 0.817 bits per heavy atom. The van der Waals surface area contributed by atoms with Gasteiger partial charge in [0.2, 0.25) is 0 Å². The maximum absolute atomic E-state index is 5.55. The van der Waals surface area contributed by atoms with Gasteiger partial charge in [0.15, 0.2) is 0 Å². The average molecular weight is 830 g/mol. The van der Waals surface area contributed by atoms with Crippen molar-refractivity contribution in [2.24, 2.45) is 0 Å². The molecule has 0 atom stereocenters. The molecule has 0 radical (unpaired) electrons. The summed E-state index contributed by atoms with van der Waals surface area (Å²) in [6.07, 6.45) is 14.2. The zero-order valence-corrected chi connectivity index (χ0v) is 38.3. The Balaban J connectivity index is 0.00000499. The second-order valence-corrected chi connectivity index (χ2v) is 15.6. The van der Waals surface area contributed by atoms with E-state index in [1.165, 1.54) is 38.9 Å². The fourth-order valence-electron chi connectivity index (χ4n) is 8.57. The van der Waals surface area contributed by atoms with Crippen molar-refractivity contribution in [3.8, 4) is 44.5 Å². The predicted octanol–water partition coefficient (Wildman–Crippen LogP) is 13.6. The minimum Gasteiger partial charge on any atom is -0.657 e. The van der Waals surface area contributed by atoms with Gasteiger partial charge in [0, 0.05) is 0 Å². The van der Waals surface area contributed by atoms with Crippen molar-refractivity contribution in [2.75, 3.05) is 0 Å². The topological polar surface area (TPSA) is 54.0 Å². The molecule has 2 aliphatic heterocycles. The number of benzene rings is 4. The second-order valence-electron chi connectivity index (χ2n) is 15.6. The van der Waals surface area contributed by atoms with E-state index in [1.54, 1.807) is 0 Å². The largest absolute Gasteiger partial charge is 2.00 e. The van der Waals surface area contributed by atoms with Gasteiger partial charge in [-0.15, -0.1) is 28.6 Å². The van der Waals surface area contributed by atoms with Crippen LogP contribution in [-0.2, 0) is 45.2 Å². The van der Waals surface area contributed by atoms with Gasteiger partial charge in [0.05, 0.1) is 22.8 Å². The third-order valence-electron chi connectivity index (χ3n) is 11.7. The van der Waals surface area contributed by atoms with Crippen LogP contribution in [0.25, 0.3) is 90.9 Å². The van der Waals surface area contributed by atoms with Crippen molar-refractivity contribution in [1.29, 1.82) is 0 Å². The molecule has 0 fully saturated rings. The molecule has 0 saturated heterocycles.